The molecule has 0 amide bonds. The van der Waals surface area contributed by atoms with E-state index in [1.54, 1.807) is 48.0 Å². The number of methoxy groups -OCH3 is 1. The minimum atomic E-state index is -3.59. The highest BCUT2D eigenvalue weighted by atomic mass is 35.5. The van der Waals surface area contributed by atoms with Crippen LogP contribution >= 0.6 is 23.8 Å². The van der Waals surface area contributed by atoms with Crippen LogP contribution in [0.15, 0.2) is 52.6 Å². The summed E-state index contributed by atoms with van der Waals surface area (Å²) in [5.74, 6) is 0.568. The van der Waals surface area contributed by atoms with Crippen molar-refractivity contribution in [1.82, 2.24) is 14.3 Å². The van der Waals surface area contributed by atoms with Crippen LogP contribution in [0.25, 0.3) is 10.9 Å². The number of hydrogen-bond donors (Lipinski definition) is 2. The molecule has 0 fully saturated rings. The highest BCUT2D eigenvalue weighted by Crippen LogP contribution is 2.27. The second-order valence-electron chi connectivity index (χ2n) is 7.95. The molecule has 0 aliphatic heterocycles. The van der Waals surface area contributed by atoms with Gasteiger partial charge in [0, 0.05) is 48.5 Å². The van der Waals surface area contributed by atoms with E-state index in [0.29, 0.717) is 29.5 Å². The molecule has 11 heteroatoms. The van der Waals surface area contributed by atoms with Crippen LogP contribution in [0.1, 0.15) is 32.3 Å². The molecule has 1 aromatic heterocycles. The van der Waals surface area contributed by atoms with Gasteiger partial charge in [-0.1, -0.05) is 25.4 Å². The van der Waals surface area contributed by atoms with Crippen LogP contribution in [0.3, 0.4) is 0 Å². The predicted octanol–water partition coefficient (Wildman–Crippen LogP) is 4.97. The molecule has 0 radical (unpaired) electrons. The van der Waals surface area contributed by atoms with E-state index in [0.717, 1.165) is 29.3 Å². The summed E-state index contributed by atoms with van der Waals surface area (Å²) in [5.41, 5.74) is 5.13. The largest absolute Gasteiger partial charge is 0.495 e. The number of nitrogens with one attached hydrogen (secondary N) is 2. The van der Waals surface area contributed by atoms with Gasteiger partial charge in [0.2, 0.25) is 10.0 Å². The number of sulfonamides is 1. The Kier molecular flexibility index (Phi) is 9.12. The zero-order valence-electron chi connectivity index (χ0n) is 20.2. The van der Waals surface area contributed by atoms with E-state index in [9.17, 15) is 8.42 Å². The van der Waals surface area contributed by atoms with Crippen molar-refractivity contribution in [3.63, 3.8) is 0 Å². The van der Waals surface area contributed by atoms with Gasteiger partial charge >= 0.3 is 0 Å². The molecule has 0 atom stereocenters. The molecule has 3 aromatic rings. The Hall–Kier alpha value is -2.66. The quantitative estimate of drug-likeness (QED) is 0.216. The van der Waals surface area contributed by atoms with E-state index >= 15 is 0 Å². The van der Waals surface area contributed by atoms with Crippen molar-refractivity contribution < 1.29 is 13.2 Å². The lowest BCUT2D eigenvalue weighted by atomic mass is 10.2. The monoisotopic (exact) mass is 535 g/mol. The Morgan fingerprint density at radius 1 is 1.20 bits per heavy atom. The summed E-state index contributed by atoms with van der Waals surface area (Å²) >= 11 is 11.5. The molecule has 3 rings (SSSR count). The number of hydrogen-bond acceptors (Lipinski definition) is 5. The highest BCUT2D eigenvalue weighted by molar-refractivity contribution is 7.89. The highest BCUT2D eigenvalue weighted by Gasteiger charge is 2.24. The number of thiocarbonyl (C=S) groups is 1. The number of aromatic nitrogens is 1. The van der Waals surface area contributed by atoms with Gasteiger partial charge in [0.15, 0.2) is 5.11 Å². The van der Waals surface area contributed by atoms with Crippen LogP contribution in [0.4, 0.5) is 5.69 Å². The third-order valence-corrected chi connectivity index (χ3v) is 7.74. The summed E-state index contributed by atoms with van der Waals surface area (Å²) in [6, 6.07) is 10.4. The maximum absolute atomic E-state index is 13.2. The van der Waals surface area contributed by atoms with Gasteiger partial charge in [-0.25, -0.2) is 8.42 Å². The van der Waals surface area contributed by atoms with Crippen LogP contribution in [0, 0.1) is 0 Å². The predicted molar refractivity (Wildman–Crippen MR) is 147 cm³/mol. The Morgan fingerprint density at radius 3 is 2.54 bits per heavy atom. The molecule has 188 valence electrons. The average molecular weight is 536 g/mol. The minimum Gasteiger partial charge on any atom is -0.495 e. The molecule has 0 saturated carbocycles. The Labute approximate surface area is 217 Å². The first kappa shape index (κ1) is 26.9. The fraction of sp³-hybridized carbons (Fsp3) is 0.333. The average Bonchev–Trinajstić information content (AvgIpc) is 3.14. The molecule has 0 aliphatic rings. The SMILES string of the molecule is CCCN(CCC)S(=O)(=O)c1ccc2c(c1)c(C=NNC(=S)Nc1ccc(OC)c(Cl)c1)cn2C. The van der Waals surface area contributed by atoms with Crippen molar-refractivity contribution in [1.29, 1.82) is 0 Å². The van der Waals surface area contributed by atoms with E-state index in [4.69, 9.17) is 28.6 Å². The van der Waals surface area contributed by atoms with Crippen LogP contribution in [-0.4, -0.2) is 48.8 Å². The van der Waals surface area contributed by atoms with Gasteiger partial charge in [0.1, 0.15) is 5.75 Å². The summed E-state index contributed by atoms with van der Waals surface area (Å²) in [7, 11) is -0.135. The summed E-state index contributed by atoms with van der Waals surface area (Å²) in [6.45, 7) is 4.93. The van der Waals surface area contributed by atoms with Gasteiger partial charge in [-0.15, -0.1) is 0 Å². The van der Waals surface area contributed by atoms with Crippen molar-refractivity contribution in [2.24, 2.45) is 12.1 Å². The van der Waals surface area contributed by atoms with Crippen LogP contribution in [0.5, 0.6) is 5.75 Å². The van der Waals surface area contributed by atoms with Gasteiger partial charge in [-0.05, 0) is 61.5 Å². The van der Waals surface area contributed by atoms with Crippen molar-refractivity contribution in [2.45, 2.75) is 31.6 Å². The lowest BCUT2D eigenvalue weighted by Crippen LogP contribution is -2.32. The van der Waals surface area contributed by atoms with Crippen LogP contribution < -0.4 is 15.5 Å². The number of nitrogens with zero attached hydrogens (tertiary/aromatic N) is 3. The number of ether oxygens (including phenoxy) is 1. The Balaban J connectivity index is 1.80. The van der Waals surface area contributed by atoms with Crippen molar-refractivity contribution >= 4 is 61.8 Å². The van der Waals surface area contributed by atoms with Crippen LogP contribution in [-0.2, 0) is 17.1 Å². The Morgan fingerprint density at radius 2 is 1.91 bits per heavy atom. The van der Waals surface area contributed by atoms with Crippen molar-refractivity contribution in [3.8, 4) is 5.75 Å². The van der Waals surface area contributed by atoms with Crippen molar-refractivity contribution in [2.75, 3.05) is 25.5 Å². The summed E-state index contributed by atoms with van der Waals surface area (Å²) in [4.78, 5) is 0.272. The van der Waals surface area contributed by atoms with Gasteiger partial charge in [-0.3, -0.25) is 5.43 Å². The minimum absolute atomic E-state index is 0.272. The molecule has 0 unspecified atom stereocenters. The maximum Gasteiger partial charge on any atom is 0.243 e. The number of hydrazone groups is 1. The normalized spacial score (nSPS) is 11.9. The van der Waals surface area contributed by atoms with Crippen LogP contribution in [0.2, 0.25) is 5.02 Å². The van der Waals surface area contributed by atoms with Gasteiger partial charge in [0.25, 0.3) is 0 Å². The van der Waals surface area contributed by atoms with Gasteiger partial charge in [-0.2, -0.15) is 9.41 Å². The van der Waals surface area contributed by atoms with Gasteiger partial charge in [0.05, 0.1) is 23.2 Å². The molecular formula is C24H30ClN5O3S2. The maximum atomic E-state index is 13.2. The first-order valence-electron chi connectivity index (χ1n) is 11.2. The molecule has 0 saturated heterocycles. The molecule has 8 nitrogen and oxygen atoms in total. The van der Waals surface area contributed by atoms with Crippen molar-refractivity contribution in [3.05, 3.63) is 53.2 Å². The first-order valence-corrected chi connectivity index (χ1v) is 13.5. The number of fused-ring (bicyclic) bond motifs is 1. The third-order valence-electron chi connectivity index (χ3n) is 5.35. The number of aryl methyl sites for hydroxylation is 1. The second kappa shape index (κ2) is 11.9. The molecule has 0 bridgehead atoms. The fourth-order valence-corrected chi connectivity index (χ4v) is 5.81. The van der Waals surface area contributed by atoms with E-state index in [2.05, 4.69) is 15.8 Å². The van der Waals surface area contributed by atoms with E-state index in [1.165, 1.54) is 0 Å². The molecular weight excluding hydrogens is 506 g/mol. The third kappa shape index (κ3) is 6.32. The van der Waals surface area contributed by atoms with E-state index < -0.39 is 10.0 Å². The lowest BCUT2D eigenvalue weighted by molar-refractivity contribution is 0.410. The number of benzene rings is 2. The second-order valence-corrected chi connectivity index (χ2v) is 10.7. The molecule has 0 spiro atoms. The van der Waals surface area contributed by atoms with E-state index in [1.807, 2.05) is 37.7 Å². The number of rotatable bonds is 10. The summed E-state index contributed by atoms with van der Waals surface area (Å²) < 4.78 is 35.1. The number of anilines is 1. The summed E-state index contributed by atoms with van der Waals surface area (Å²) in [6.07, 6.45) is 5.02. The zero-order valence-corrected chi connectivity index (χ0v) is 22.6. The molecule has 35 heavy (non-hydrogen) atoms. The molecule has 2 N–H and O–H groups in total. The first-order chi connectivity index (χ1) is 16.7. The smallest absolute Gasteiger partial charge is 0.243 e. The zero-order chi connectivity index (χ0) is 25.6. The standard InChI is InChI=1S/C24H30ClN5O3S2/c1-5-11-30(12-6-2)35(31,32)19-8-9-22-20(14-19)17(16-29(22)3)15-26-28-24(34)27-18-7-10-23(33-4)21(25)13-18/h7-10,13-16H,5-6,11-12H2,1-4H3,(H2,27,28,34). The van der Waals surface area contributed by atoms with E-state index in [-0.39, 0.29) is 10.0 Å². The lowest BCUT2D eigenvalue weighted by Gasteiger charge is -2.21. The molecule has 2 aromatic carbocycles. The Bertz CT molecular complexity index is 1330. The topological polar surface area (TPSA) is 88.0 Å². The molecule has 1 heterocycles. The van der Waals surface area contributed by atoms with Gasteiger partial charge < -0.3 is 14.6 Å². The summed E-state index contributed by atoms with van der Waals surface area (Å²) in [5, 5.41) is 8.76. The number of halogens is 1. The fourth-order valence-electron chi connectivity index (χ4n) is 3.73. The molecule has 0 aliphatic carbocycles.